The summed E-state index contributed by atoms with van der Waals surface area (Å²) >= 11 is 0. The third-order valence-electron chi connectivity index (χ3n) is 2.22. The van der Waals surface area contributed by atoms with Crippen LogP contribution in [0.2, 0.25) is 0 Å². The topological polar surface area (TPSA) is 72.7 Å². The molecule has 2 aliphatic rings. The summed E-state index contributed by atoms with van der Waals surface area (Å²) in [6.07, 6.45) is 0.555. The lowest BCUT2D eigenvalue weighted by Gasteiger charge is -2.10. The van der Waals surface area contributed by atoms with Crippen LogP contribution in [0.4, 0.5) is 0 Å². The van der Waals surface area contributed by atoms with Crippen molar-refractivity contribution < 1.29 is 22.1 Å². The molecule has 0 N–H and O–H groups in total. The van der Waals surface area contributed by atoms with Crippen molar-refractivity contribution >= 4 is 16.3 Å². The first-order valence-corrected chi connectivity index (χ1v) is 5.20. The van der Waals surface area contributed by atoms with Gasteiger partial charge < -0.3 is 4.74 Å². The van der Waals surface area contributed by atoms with E-state index in [1.54, 1.807) is 0 Å². The number of hydrogen-bond donors (Lipinski definition) is 0. The number of esters is 1. The number of fused-ring (bicyclic) bond motifs is 1. The molecule has 0 bridgehead atoms. The monoisotopic (exact) mass is 207 g/mol. The quantitative estimate of drug-likeness (QED) is 0.402. The molecule has 2 rings (SSSR count). The van der Waals surface area contributed by atoms with E-state index in [1.807, 2.05) is 0 Å². The van der Waals surface area contributed by atoms with Crippen molar-refractivity contribution in [3.8, 4) is 0 Å². The molecule has 0 aromatic rings. The van der Waals surface area contributed by atoms with E-state index in [4.69, 9.17) is 0 Å². The Balaban J connectivity index is 2.18. The summed E-state index contributed by atoms with van der Waals surface area (Å²) < 4.78 is 32.3. The van der Waals surface area contributed by atoms with E-state index < -0.39 is 22.3 Å². The van der Waals surface area contributed by atoms with Gasteiger partial charge in [0.2, 0.25) is 0 Å². The summed E-state index contributed by atoms with van der Waals surface area (Å²) in [4.78, 5) is 11.0. The highest BCUT2D eigenvalue weighted by Gasteiger charge is 2.62. The average molecular weight is 207 g/mol. The van der Waals surface area contributed by atoms with E-state index in [0.29, 0.717) is 6.42 Å². The maximum absolute atomic E-state index is 11.1. The molecule has 0 amide bonds. The van der Waals surface area contributed by atoms with Crippen LogP contribution in [0, 0.1) is 0 Å². The number of carbonyl (C=O) groups excluding carboxylic acids is 1. The molecule has 0 aromatic heterocycles. The third-order valence-corrected chi connectivity index (χ3v) is 3.70. The van der Waals surface area contributed by atoms with E-state index in [9.17, 15) is 13.2 Å². The SMILES string of the molecule is COC(=O)[C@H]1[C@@H]2CCOS(=O)(=O)N21. The summed E-state index contributed by atoms with van der Waals surface area (Å²) in [5, 5.41) is 0. The minimum atomic E-state index is -3.66. The van der Waals surface area contributed by atoms with Crippen LogP contribution in [0.1, 0.15) is 6.42 Å². The zero-order valence-electron chi connectivity index (χ0n) is 6.97. The van der Waals surface area contributed by atoms with E-state index in [0.717, 1.165) is 4.31 Å². The second-order valence-electron chi connectivity index (χ2n) is 2.93. The van der Waals surface area contributed by atoms with Gasteiger partial charge in [-0.05, 0) is 6.42 Å². The summed E-state index contributed by atoms with van der Waals surface area (Å²) in [6, 6.07) is -0.899. The van der Waals surface area contributed by atoms with E-state index >= 15 is 0 Å². The largest absolute Gasteiger partial charge is 0.468 e. The van der Waals surface area contributed by atoms with Crippen LogP contribution in [-0.2, 0) is 24.0 Å². The molecule has 13 heavy (non-hydrogen) atoms. The Kier molecular flexibility index (Phi) is 1.83. The molecular formula is C6H9NO5S. The average Bonchev–Trinajstić information content (AvgIpc) is 2.78. The van der Waals surface area contributed by atoms with E-state index in [1.165, 1.54) is 7.11 Å². The van der Waals surface area contributed by atoms with Gasteiger partial charge in [0.25, 0.3) is 0 Å². The smallest absolute Gasteiger partial charge is 0.339 e. The highest BCUT2D eigenvalue weighted by Crippen LogP contribution is 2.39. The van der Waals surface area contributed by atoms with Gasteiger partial charge in [0.05, 0.1) is 19.8 Å². The Hall–Kier alpha value is -0.660. The summed E-state index contributed by atoms with van der Waals surface area (Å²) in [5.41, 5.74) is 0. The van der Waals surface area contributed by atoms with Crippen LogP contribution in [0.15, 0.2) is 0 Å². The molecule has 2 heterocycles. The lowest BCUT2D eigenvalue weighted by atomic mass is 10.2. The van der Waals surface area contributed by atoms with Gasteiger partial charge in [-0.25, -0.2) is 0 Å². The first-order chi connectivity index (χ1) is 6.08. The van der Waals surface area contributed by atoms with Crippen molar-refractivity contribution in [1.82, 2.24) is 4.31 Å². The first kappa shape index (κ1) is 8.92. The summed E-state index contributed by atoms with van der Waals surface area (Å²) in [5.74, 6) is -0.515. The Morgan fingerprint density at radius 1 is 1.62 bits per heavy atom. The second kappa shape index (κ2) is 2.66. The lowest BCUT2D eigenvalue weighted by molar-refractivity contribution is -0.140. The number of methoxy groups -OCH3 is 1. The maximum Gasteiger partial charge on any atom is 0.339 e. The van der Waals surface area contributed by atoms with Crippen LogP contribution >= 0.6 is 0 Å². The number of nitrogens with zero attached hydrogens (tertiary/aromatic N) is 1. The number of rotatable bonds is 1. The van der Waals surface area contributed by atoms with Crippen LogP contribution in [0.5, 0.6) is 0 Å². The lowest BCUT2D eigenvalue weighted by Crippen LogP contribution is -2.25. The van der Waals surface area contributed by atoms with Crippen LogP contribution < -0.4 is 0 Å². The molecule has 0 radical (unpaired) electrons. The van der Waals surface area contributed by atoms with Gasteiger partial charge >= 0.3 is 16.3 Å². The van der Waals surface area contributed by atoms with Crippen molar-refractivity contribution in [2.24, 2.45) is 0 Å². The van der Waals surface area contributed by atoms with Gasteiger partial charge in [0.1, 0.15) is 6.04 Å². The highest BCUT2D eigenvalue weighted by atomic mass is 32.2. The molecule has 0 saturated carbocycles. The van der Waals surface area contributed by atoms with Gasteiger partial charge in [0.15, 0.2) is 0 Å². The molecule has 0 aromatic carbocycles. The van der Waals surface area contributed by atoms with Crippen molar-refractivity contribution in [1.29, 1.82) is 0 Å². The Bertz CT molecular complexity index is 337. The first-order valence-electron chi connectivity index (χ1n) is 3.83. The van der Waals surface area contributed by atoms with Crippen LogP contribution in [-0.4, -0.2) is 44.5 Å². The molecule has 0 aliphatic carbocycles. The van der Waals surface area contributed by atoms with E-state index in [-0.39, 0.29) is 12.6 Å². The highest BCUT2D eigenvalue weighted by molar-refractivity contribution is 7.84. The standard InChI is InChI=1S/C6H9NO5S/c1-11-6(8)5-4-2-3-12-13(9,10)7(4)5/h4-5H,2-3H2,1H3/t4-,5+,7?/m0/s1. The molecule has 6 nitrogen and oxygen atoms in total. The summed E-state index contributed by atoms with van der Waals surface area (Å²) in [6.45, 7) is 0.150. The third kappa shape index (κ3) is 1.23. The predicted octanol–water partition coefficient (Wildman–Crippen LogP) is -1.12. The van der Waals surface area contributed by atoms with Crippen LogP contribution in [0.25, 0.3) is 0 Å². The fourth-order valence-corrected chi connectivity index (χ4v) is 3.00. The number of ether oxygens (including phenoxy) is 1. The predicted molar refractivity (Wildman–Crippen MR) is 40.9 cm³/mol. The normalized spacial score (nSPS) is 40.5. The Labute approximate surface area is 75.7 Å². The van der Waals surface area contributed by atoms with Gasteiger partial charge in [-0.15, -0.1) is 0 Å². The molecular weight excluding hydrogens is 198 g/mol. The van der Waals surface area contributed by atoms with E-state index in [2.05, 4.69) is 8.92 Å². The van der Waals surface area contributed by atoms with Gasteiger partial charge in [-0.1, -0.05) is 0 Å². The van der Waals surface area contributed by atoms with Crippen LogP contribution in [0.3, 0.4) is 0 Å². The van der Waals surface area contributed by atoms with Gasteiger partial charge in [-0.2, -0.15) is 12.7 Å². The molecule has 2 aliphatic heterocycles. The number of hydrogen-bond acceptors (Lipinski definition) is 5. The van der Waals surface area contributed by atoms with Crippen molar-refractivity contribution in [3.05, 3.63) is 0 Å². The van der Waals surface area contributed by atoms with Gasteiger partial charge in [-0.3, -0.25) is 8.98 Å². The Morgan fingerprint density at radius 3 is 2.85 bits per heavy atom. The van der Waals surface area contributed by atoms with Crippen molar-refractivity contribution in [2.75, 3.05) is 13.7 Å². The van der Waals surface area contributed by atoms with Crippen molar-refractivity contribution in [2.45, 2.75) is 18.5 Å². The van der Waals surface area contributed by atoms with Gasteiger partial charge in [0, 0.05) is 0 Å². The molecule has 74 valence electrons. The number of carbonyl (C=O) groups is 1. The second-order valence-corrected chi connectivity index (χ2v) is 4.45. The summed E-state index contributed by atoms with van der Waals surface area (Å²) in [7, 11) is -2.42. The Morgan fingerprint density at radius 2 is 2.31 bits per heavy atom. The zero-order chi connectivity index (χ0) is 9.64. The molecule has 2 saturated heterocycles. The maximum atomic E-state index is 11.1. The fraction of sp³-hybridized carbons (Fsp3) is 0.833. The molecule has 0 spiro atoms. The molecule has 3 atom stereocenters. The molecule has 2 fully saturated rings. The molecule has 1 unspecified atom stereocenters. The van der Waals surface area contributed by atoms with Crippen molar-refractivity contribution in [3.63, 3.8) is 0 Å². The fourth-order valence-electron chi connectivity index (χ4n) is 1.56. The minimum absolute atomic E-state index is 0.150. The molecule has 7 heteroatoms. The zero-order valence-corrected chi connectivity index (χ0v) is 7.78. The minimum Gasteiger partial charge on any atom is -0.468 e.